The number of hydrogen-bond donors (Lipinski definition) is 14. The van der Waals surface area contributed by atoms with E-state index < -0.39 is 264 Å². The molecular weight excluding hydrogens is 2060 g/mol. The summed E-state index contributed by atoms with van der Waals surface area (Å²) in [5, 5.41) is 66.1. The lowest BCUT2D eigenvalue weighted by Crippen LogP contribution is -2.61. The van der Waals surface area contributed by atoms with Crippen molar-refractivity contribution in [2.45, 2.75) is 125 Å². The highest BCUT2D eigenvalue weighted by Crippen LogP contribution is 2.31. The molecule has 808 valence electrons. The lowest BCUT2D eigenvalue weighted by atomic mass is 10.1. The van der Waals surface area contributed by atoms with E-state index in [9.17, 15) is 106 Å². The minimum atomic E-state index is -1.60. The number of fused-ring (bicyclic) bond motifs is 7. The Morgan fingerprint density at radius 2 is 0.815 bits per heavy atom. The maximum Gasteiger partial charge on any atom is 0.408 e. The number of carbonyl (C=O) groups is 20. The topological polar surface area (TPSA) is 619 Å². The molecule has 2 saturated heterocycles. The lowest BCUT2D eigenvalue weighted by Gasteiger charge is -2.37. The van der Waals surface area contributed by atoms with Gasteiger partial charge in [0, 0.05) is 153 Å². The molecule has 146 heavy (non-hydrogen) atoms. The Morgan fingerprint density at radius 1 is 0.479 bits per heavy atom. The number of pyridine rings is 2. The zero-order valence-electron chi connectivity index (χ0n) is 85.4. The molecule has 2 aromatic carbocycles. The molecule has 56 heteroatoms. The van der Waals surface area contributed by atoms with Gasteiger partial charge < -0.3 is 132 Å². The Bertz CT molecular complexity index is 5010. The largest absolute Gasteiger partial charge is 0.505 e. The van der Waals surface area contributed by atoms with Gasteiger partial charge in [0.05, 0.1) is 36.2 Å². The molecule has 2 aliphatic rings. The molecule has 0 saturated carbocycles. The number of nitrogens with one attached hydrogen (secondary N) is 10. The van der Waals surface area contributed by atoms with E-state index in [1.807, 2.05) is 0 Å². The van der Waals surface area contributed by atoms with Crippen molar-refractivity contribution in [3.8, 4) is 11.5 Å². The van der Waals surface area contributed by atoms with E-state index in [-0.39, 0.29) is 59.1 Å². The summed E-state index contributed by atoms with van der Waals surface area (Å²) in [6.07, 6.45) is 4.97. The van der Waals surface area contributed by atoms with E-state index in [1.54, 1.807) is 129 Å². The van der Waals surface area contributed by atoms with E-state index >= 15 is 0 Å². The summed E-state index contributed by atoms with van der Waals surface area (Å²) in [6.45, 7) is 4.95. The van der Waals surface area contributed by atoms with Crippen LogP contribution in [0.25, 0.3) is 21.8 Å². The molecule has 0 aliphatic carbocycles. The summed E-state index contributed by atoms with van der Waals surface area (Å²) in [5.74, 6) is -15.1. The van der Waals surface area contributed by atoms with E-state index in [2.05, 4.69) is 63.1 Å². The highest BCUT2D eigenvalue weighted by molar-refractivity contribution is 8.77. The molecule has 4 aromatic rings. The number of para-hydroxylation sites is 2. The third-order valence-electron chi connectivity index (χ3n) is 22.5. The zero-order chi connectivity index (χ0) is 110. The zero-order valence-corrected chi connectivity index (χ0v) is 92.0. The van der Waals surface area contributed by atoms with Gasteiger partial charge in [-0.15, -0.1) is 0 Å². The molecule has 18 amide bonds. The monoisotopic (exact) mass is 2190 g/mol. The van der Waals surface area contributed by atoms with Gasteiger partial charge in [-0.05, 0) is 105 Å². The van der Waals surface area contributed by atoms with Gasteiger partial charge in [-0.2, -0.15) is 47.0 Å². The number of ether oxygens (including phenoxy) is 2. The second-order valence-corrected chi connectivity index (χ2v) is 44.4. The minimum Gasteiger partial charge on any atom is -0.505 e. The van der Waals surface area contributed by atoms with Crippen molar-refractivity contribution in [3.05, 3.63) is 72.1 Å². The molecule has 14 N–H and O–H groups in total. The fourth-order valence-corrected chi connectivity index (χ4v) is 21.9. The summed E-state index contributed by atoms with van der Waals surface area (Å²) < 4.78 is 10.5. The molecular formula is C90H134N22O26S8. The Hall–Kier alpha value is -11.4. The van der Waals surface area contributed by atoms with Gasteiger partial charge >= 0.3 is 24.1 Å². The molecule has 2 bridgehead atoms. The first-order valence-electron chi connectivity index (χ1n) is 45.2. The summed E-state index contributed by atoms with van der Waals surface area (Å²) in [4.78, 5) is 292. The minimum absolute atomic E-state index is 0.0259. The first-order valence-corrected chi connectivity index (χ1v) is 55.8. The molecule has 12 atom stereocenters. The number of rotatable bonds is 37. The van der Waals surface area contributed by atoms with Gasteiger partial charge in [-0.25, -0.2) is 19.6 Å². The number of carboxylic acids is 2. The van der Waals surface area contributed by atoms with Gasteiger partial charge in [0.2, 0.25) is 82.7 Å². The number of aliphatic carboxylic acids is 2. The summed E-state index contributed by atoms with van der Waals surface area (Å²) in [6, 6.07) is 1.30. The Balaban J connectivity index is 0.000000520. The van der Waals surface area contributed by atoms with Gasteiger partial charge in [0.25, 0.3) is 11.8 Å². The number of aromatic nitrogens is 2. The van der Waals surface area contributed by atoms with Crippen molar-refractivity contribution in [1.29, 1.82) is 0 Å². The van der Waals surface area contributed by atoms with Gasteiger partial charge in [-0.1, -0.05) is 79.6 Å². The average Bonchev–Trinajstić information content (AvgIpc) is 0.806. The molecule has 0 radical (unpaired) electrons. The number of thioether (sulfide) groups is 4. The number of carboxylic acid groups (broad SMARTS) is 2. The first-order chi connectivity index (χ1) is 68.5. The van der Waals surface area contributed by atoms with Crippen molar-refractivity contribution in [2.75, 3.05) is 208 Å². The van der Waals surface area contributed by atoms with Crippen LogP contribution >= 0.6 is 90.2 Å². The number of alkyl carbamates (subject to hydrolysis) is 2. The van der Waals surface area contributed by atoms with Crippen LogP contribution in [0.1, 0.15) is 62.5 Å². The molecule has 2 fully saturated rings. The Morgan fingerprint density at radius 3 is 1.12 bits per heavy atom. The van der Waals surface area contributed by atoms with Crippen LogP contribution in [0.3, 0.4) is 0 Å². The maximum absolute atomic E-state index is 14.9. The summed E-state index contributed by atoms with van der Waals surface area (Å²) in [7, 11) is 21.7. The van der Waals surface area contributed by atoms with Crippen LogP contribution in [-0.4, -0.2) is 490 Å². The number of likely N-dealkylation sites (N-methyl/N-ethyl adjacent to an activating group) is 12. The molecule has 2 aliphatic heterocycles. The van der Waals surface area contributed by atoms with Crippen molar-refractivity contribution in [2.24, 2.45) is 0 Å². The summed E-state index contributed by atoms with van der Waals surface area (Å²) in [5.41, 5.74) is -1.99. The van der Waals surface area contributed by atoms with E-state index in [0.717, 1.165) is 51.0 Å². The van der Waals surface area contributed by atoms with E-state index in [1.165, 1.54) is 171 Å². The lowest BCUT2D eigenvalue weighted by molar-refractivity contribution is -0.149. The number of aromatic hydroxyl groups is 2. The van der Waals surface area contributed by atoms with Crippen LogP contribution in [0.5, 0.6) is 11.5 Å². The number of carbonyl (C=O) groups excluding carboxylic acids is 18. The number of amides is 18. The number of hydrogen-bond acceptors (Lipinski definition) is 36. The van der Waals surface area contributed by atoms with Gasteiger partial charge in [0.1, 0.15) is 96.2 Å². The standard InChI is InChI=1S/C50H62N12O12S4.C40H72N10O14S4/c1-57-21-31(55-45(69)41-37(63)17-27-13-9-11-15-29(27)53-41)43(67)51-19-39(65)60(4)36-26-78-77-25-35(49(73)61(5)33(23-75-7)47(57)71)59(3)40(66)20-52-44(68)32(22-58(2)48(72)34(24-76-8)62(6)50(36)74)56-46(70)42-38(64)18-28-14-10-12-16-30(28)54-42;1-39(2,3)63-37(61)45-23(31(55)43-15-29(51)52)17-47(9)35(59)27(21-65-13)49(11)33(57)25(41-7)19-67-68-20-26(42-8)34(58)50(12)28(22-66-14)36(60)48(10)18-24(32(56)44-16-30(53)54)46-38(62)64-40(4,5)6/h9-18,31-36,63-64H,19-26H2,1-8H3,(H,51,67)(H,52,68)(H,55,69)(H,56,70);23-28,41-42H,15-22H2,1-14H3,(H,43,55)(H,44,56)(H,45,61)(H,46,62)(H,51,52)(H,53,54)/t31-,32-,33+,34+,35+,36+;23-,24-,25+,26+,27+,28+/m11/s1. The molecule has 0 spiro atoms. The van der Waals surface area contributed by atoms with Crippen molar-refractivity contribution >= 4 is 231 Å². The van der Waals surface area contributed by atoms with Crippen LogP contribution in [0.2, 0.25) is 0 Å². The number of benzene rings is 2. The first kappa shape index (κ1) is 125. The van der Waals surface area contributed by atoms with Gasteiger partial charge in [-0.3, -0.25) is 86.3 Å². The van der Waals surface area contributed by atoms with E-state index in [4.69, 9.17) is 19.7 Å². The second kappa shape index (κ2) is 59.5. The maximum atomic E-state index is 14.9. The third-order valence-corrected chi connectivity index (χ3v) is 29.9. The Labute approximate surface area is 879 Å². The Kier molecular flexibility index (Phi) is 51.0. The van der Waals surface area contributed by atoms with E-state index in [0.29, 0.717) is 21.8 Å². The average molecular weight is 2200 g/mol. The van der Waals surface area contributed by atoms with Crippen LogP contribution in [-0.2, 0) is 86.2 Å². The normalized spacial score (nSPS) is 18.6. The highest BCUT2D eigenvalue weighted by Gasteiger charge is 2.44. The van der Waals surface area contributed by atoms with Crippen LogP contribution in [0, 0.1) is 0 Å². The smallest absolute Gasteiger partial charge is 0.408 e. The predicted octanol–water partition coefficient (Wildman–Crippen LogP) is -1.29. The molecule has 6 rings (SSSR count). The third kappa shape index (κ3) is 37.8. The molecule has 0 unspecified atom stereocenters. The van der Waals surface area contributed by atoms with Crippen LogP contribution in [0.4, 0.5) is 9.59 Å². The molecule has 48 nitrogen and oxygen atoms in total. The number of nitrogens with zero attached hydrogens (tertiary/aromatic N) is 12. The van der Waals surface area contributed by atoms with Crippen molar-refractivity contribution < 1.29 is 126 Å². The SMILES string of the molecule is CN[C@@H](CSSC[C@H](NC)C(=O)N(C)[C@@H](CSC)C(=O)N(C)C[C@@H](NC(=O)OC(C)(C)C)C(=O)NCC(=O)O)C(=O)N(C)[C@@H](CSC)C(=O)N(C)C[C@@H](NC(=O)OC(C)(C)C)C(=O)NCC(=O)O.CSC[C@H]1C(=O)N(C)C[C@@H](NC(=O)c2nc3ccccc3cc2O)C(=O)NCC(=O)N(C)[C@H]2CSSC[C@@H](C(=O)N1C)N(C)C(=O)CNC(=O)[C@H](NC(=O)c1nc3ccccc3cc1O)CN(C)C(=O)[C@H](CSC)N(C)C2=O. The quantitative estimate of drug-likeness (QED) is 0.0185. The molecule has 4 heterocycles. The summed E-state index contributed by atoms with van der Waals surface area (Å²) >= 11 is 5.04. The van der Waals surface area contributed by atoms with Crippen LogP contribution in [0.15, 0.2) is 60.7 Å². The van der Waals surface area contributed by atoms with Crippen molar-refractivity contribution in [3.63, 3.8) is 0 Å². The molecule has 2 aromatic heterocycles. The van der Waals surface area contributed by atoms with Crippen LogP contribution < -0.4 is 53.2 Å². The fraction of sp³-hybridized carbons (Fsp3) is 0.578. The highest BCUT2D eigenvalue weighted by atomic mass is 33.1. The second-order valence-electron chi connectivity index (χ2n) is 35.6. The van der Waals surface area contributed by atoms with Crippen molar-refractivity contribution in [1.82, 2.24) is 112 Å². The van der Waals surface area contributed by atoms with Gasteiger partial charge in [0.15, 0.2) is 11.4 Å². The predicted molar refractivity (Wildman–Crippen MR) is 562 cm³/mol. The fourth-order valence-electron chi connectivity index (χ4n) is 14.2.